The number of amides is 3. The number of nitrogens with zero attached hydrogens (tertiary/aromatic N) is 2. The molecular weight excluding hydrogens is 264 g/mol. The zero-order chi connectivity index (χ0) is 15.0. The maximum absolute atomic E-state index is 11.8. The molecule has 0 spiro atoms. The van der Waals surface area contributed by atoms with Gasteiger partial charge in [0.2, 0.25) is 5.91 Å². The number of urea groups is 1. The predicted molar refractivity (Wildman–Crippen MR) is 72.3 cm³/mol. The smallest absolute Gasteiger partial charge is 0.323 e. The first-order chi connectivity index (χ1) is 9.54. The van der Waals surface area contributed by atoms with Gasteiger partial charge in [-0.15, -0.1) is 6.58 Å². The SMILES string of the molecule is C=CCN(CC(=O)O)C(=O)NCC(=O)N1CCNCC1. The molecule has 3 N–H and O–H groups in total. The molecule has 8 nitrogen and oxygen atoms in total. The molecule has 3 amide bonds. The molecule has 20 heavy (non-hydrogen) atoms. The van der Waals surface area contributed by atoms with Gasteiger partial charge in [0, 0.05) is 32.7 Å². The van der Waals surface area contributed by atoms with Crippen molar-refractivity contribution >= 4 is 17.9 Å². The molecule has 0 aromatic rings. The number of aliphatic carboxylic acids is 1. The number of carboxylic acid groups (broad SMARTS) is 1. The number of carbonyl (C=O) groups excluding carboxylic acids is 2. The third-order valence-electron chi connectivity index (χ3n) is 2.82. The fourth-order valence-electron chi connectivity index (χ4n) is 1.83. The number of carboxylic acids is 1. The Bertz CT molecular complexity index is 380. The maximum atomic E-state index is 11.8. The summed E-state index contributed by atoms with van der Waals surface area (Å²) in [5.41, 5.74) is 0. The van der Waals surface area contributed by atoms with Gasteiger partial charge < -0.3 is 25.5 Å². The van der Waals surface area contributed by atoms with Crippen LogP contribution < -0.4 is 10.6 Å². The van der Waals surface area contributed by atoms with Gasteiger partial charge in [0.1, 0.15) is 6.54 Å². The number of piperazine rings is 1. The largest absolute Gasteiger partial charge is 0.480 e. The van der Waals surface area contributed by atoms with Crippen molar-refractivity contribution in [3.05, 3.63) is 12.7 Å². The summed E-state index contributed by atoms with van der Waals surface area (Å²) in [5, 5.41) is 14.3. The average molecular weight is 284 g/mol. The summed E-state index contributed by atoms with van der Waals surface area (Å²) in [6, 6.07) is -0.587. The number of hydrogen-bond acceptors (Lipinski definition) is 4. The highest BCUT2D eigenvalue weighted by Gasteiger charge is 2.19. The lowest BCUT2D eigenvalue weighted by Crippen LogP contribution is -2.51. The van der Waals surface area contributed by atoms with Crippen LogP contribution in [0.5, 0.6) is 0 Å². The molecule has 112 valence electrons. The van der Waals surface area contributed by atoms with Crippen molar-refractivity contribution in [3.63, 3.8) is 0 Å². The van der Waals surface area contributed by atoms with Crippen LogP contribution in [0.1, 0.15) is 0 Å². The van der Waals surface area contributed by atoms with E-state index in [1.807, 2.05) is 0 Å². The van der Waals surface area contributed by atoms with E-state index in [4.69, 9.17) is 5.11 Å². The second kappa shape index (κ2) is 8.16. The Balaban J connectivity index is 2.40. The number of rotatable bonds is 6. The van der Waals surface area contributed by atoms with Gasteiger partial charge in [-0.3, -0.25) is 9.59 Å². The van der Waals surface area contributed by atoms with Gasteiger partial charge in [-0.2, -0.15) is 0 Å². The van der Waals surface area contributed by atoms with E-state index >= 15 is 0 Å². The zero-order valence-electron chi connectivity index (χ0n) is 11.3. The maximum Gasteiger partial charge on any atom is 0.323 e. The van der Waals surface area contributed by atoms with Crippen molar-refractivity contribution < 1.29 is 19.5 Å². The van der Waals surface area contributed by atoms with Crippen LogP contribution in [-0.4, -0.2) is 78.6 Å². The molecule has 0 bridgehead atoms. The summed E-state index contributed by atoms with van der Waals surface area (Å²) in [4.78, 5) is 37.0. The van der Waals surface area contributed by atoms with Gasteiger partial charge in [0.25, 0.3) is 0 Å². The van der Waals surface area contributed by atoms with Gasteiger partial charge in [0.05, 0.1) is 6.54 Å². The van der Waals surface area contributed by atoms with Crippen molar-refractivity contribution in [3.8, 4) is 0 Å². The van der Waals surface area contributed by atoms with Gasteiger partial charge in [-0.25, -0.2) is 4.79 Å². The fraction of sp³-hybridized carbons (Fsp3) is 0.583. The van der Waals surface area contributed by atoms with E-state index in [0.29, 0.717) is 13.1 Å². The number of hydrogen-bond donors (Lipinski definition) is 3. The lowest BCUT2D eigenvalue weighted by atomic mass is 10.3. The van der Waals surface area contributed by atoms with Crippen molar-refractivity contribution in [1.82, 2.24) is 20.4 Å². The van der Waals surface area contributed by atoms with Gasteiger partial charge in [-0.1, -0.05) is 6.08 Å². The predicted octanol–water partition coefficient (Wildman–Crippen LogP) is -1.30. The molecular formula is C12H20N4O4. The van der Waals surface area contributed by atoms with Crippen molar-refractivity contribution in [2.75, 3.05) is 45.8 Å². The van der Waals surface area contributed by atoms with E-state index in [9.17, 15) is 14.4 Å². The highest BCUT2D eigenvalue weighted by Crippen LogP contribution is 1.94. The van der Waals surface area contributed by atoms with Crippen LogP contribution in [0.3, 0.4) is 0 Å². The summed E-state index contributed by atoms with van der Waals surface area (Å²) >= 11 is 0. The van der Waals surface area contributed by atoms with Crippen LogP contribution >= 0.6 is 0 Å². The molecule has 0 aromatic carbocycles. The van der Waals surface area contributed by atoms with Gasteiger partial charge in [0.15, 0.2) is 0 Å². The van der Waals surface area contributed by atoms with Crippen LogP contribution in [0.25, 0.3) is 0 Å². The minimum atomic E-state index is -1.12. The quantitative estimate of drug-likeness (QED) is 0.526. The summed E-state index contributed by atoms with van der Waals surface area (Å²) in [6.07, 6.45) is 1.43. The molecule has 0 unspecified atom stereocenters. The molecule has 0 aliphatic carbocycles. The Morgan fingerprint density at radius 2 is 2.00 bits per heavy atom. The molecule has 0 aromatic heterocycles. The van der Waals surface area contributed by atoms with Gasteiger partial charge in [-0.05, 0) is 0 Å². The van der Waals surface area contributed by atoms with Crippen LogP contribution in [0.2, 0.25) is 0 Å². The Morgan fingerprint density at radius 3 is 2.55 bits per heavy atom. The summed E-state index contributed by atoms with van der Waals surface area (Å²) in [5.74, 6) is -1.29. The number of nitrogens with one attached hydrogen (secondary N) is 2. The van der Waals surface area contributed by atoms with Crippen molar-refractivity contribution in [2.45, 2.75) is 0 Å². The Labute approximate surface area is 117 Å². The zero-order valence-corrected chi connectivity index (χ0v) is 11.3. The van der Waals surface area contributed by atoms with Crippen LogP contribution in [0, 0.1) is 0 Å². The third kappa shape index (κ3) is 5.27. The second-order valence-corrected chi connectivity index (χ2v) is 4.35. The minimum Gasteiger partial charge on any atom is -0.480 e. The molecule has 8 heteroatoms. The van der Waals surface area contributed by atoms with E-state index in [0.717, 1.165) is 18.0 Å². The first kappa shape index (κ1) is 16.0. The normalized spacial score (nSPS) is 14.5. The average Bonchev–Trinajstić information content (AvgIpc) is 2.44. The van der Waals surface area contributed by atoms with Crippen LogP contribution in [0.15, 0.2) is 12.7 Å². The van der Waals surface area contributed by atoms with E-state index in [1.165, 1.54) is 6.08 Å². The second-order valence-electron chi connectivity index (χ2n) is 4.35. The van der Waals surface area contributed by atoms with E-state index in [2.05, 4.69) is 17.2 Å². The van der Waals surface area contributed by atoms with E-state index < -0.39 is 18.5 Å². The third-order valence-corrected chi connectivity index (χ3v) is 2.82. The standard InChI is InChI=1S/C12H20N4O4/c1-2-5-16(9-11(18)19)12(20)14-8-10(17)15-6-3-13-4-7-15/h2,13H,1,3-9H2,(H,14,20)(H,18,19). The molecule has 1 fully saturated rings. The highest BCUT2D eigenvalue weighted by molar-refractivity contribution is 5.85. The minimum absolute atomic E-state index is 0.111. The van der Waals surface area contributed by atoms with Crippen LogP contribution in [-0.2, 0) is 9.59 Å². The topological polar surface area (TPSA) is 102 Å². The highest BCUT2D eigenvalue weighted by atomic mass is 16.4. The lowest BCUT2D eigenvalue weighted by Gasteiger charge is -2.28. The molecule has 0 radical (unpaired) electrons. The first-order valence-corrected chi connectivity index (χ1v) is 6.38. The summed E-state index contributed by atoms with van der Waals surface area (Å²) < 4.78 is 0. The lowest BCUT2D eigenvalue weighted by molar-refractivity contribution is -0.137. The first-order valence-electron chi connectivity index (χ1n) is 6.38. The monoisotopic (exact) mass is 284 g/mol. The Morgan fingerprint density at radius 1 is 1.35 bits per heavy atom. The molecule has 1 aliphatic heterocycles. The van der Waals surface area contributed by atoms with Gasteiger partial charge >= 0.3 is 12.0 Å². The number of carbonyl (C=O) groups is 3. The van der Waals surface area contributed by atoms with Crippen molar-refractivity contribution in [2.24, 2.45) is 0 Å². The van der Waals surface area contributed by atoms with Crippen molar-refractivity contribution in [1.29, 1.82) is 0 Å². The molecule has 0 atom stereocenters. The molecule has 1 aliphatic rings. The fourth-order valence-corrected chi connectivity index (χ4v) is 1.83. The van der Waals surface area contributed by atoms with Crippen LogP contribution in [0.4, 0.5) is 4.79 Å². The molecule has 0 saturated carbocycles. The van der Waals surface area contributed by atoms with E-state index in [1.54, 1.807) is 4.90 Å². The summed E-state index contributed by atoms with van der Waals surface area (Å²) in [7, 11) is 0. The summed E-state index contributed by atoms with van der Waals surface area (Å²) in [6.45, 7) is 5.71. The molecule has 1 saturated heterocycles. The Kier molecular flexibility index (Phi) is 6.51. The Hall–Kier alpha value is -2.09. The van der Waals surface area contributed by atoms with E-state index in [-0.39, 0.29) is 19.0 Å². The molecule has 1 heterocycles. The molecule has 1 rings (SSSR count).